The van der Waals surface area contributed by atoms with Crippen molar-refractivity contribution in [1.82, 2.24) is 10.3 Å². The van der Waals surface area contributed by atoms with Gasteiger partial charge in [-0.05, 0) is 37.1 Å². The van der Waals surface area contributed by atoms with E-state index in [2.05, 4.69) is 36.3 Å². The molecule has 0 saturated heterocycles. The van der Waals surface area contributed by atoms with Crippen LogP contribution in [0.1, 0.15) is 89.7 Å². The van der Waals surface area contributed by atoms with Gasteiger partial charge in [-0.15, -0.1) is 0 Å². The third-order valence-electron chi connectivity index (χ3n) is 4.10. The molecule has 0 amide bonds. The van der Waals surface area contributed by atoms with E-state index in [0.29, 0.717) is 6.04 Å². The molecule has 21 heavy (non-hydrogen) atoms. The van der Waals surface area contributed by atoms with E-state index in [0.717, 1.165) is 6.54 Å². The summed E-state index contributed by atoms with van der Waals surface area (Å²) < 4.78 is 0. The number of hydrogen-bond donors (Lipinski definition) is 1. The Labute approximate surface area is 131 Å². The molecule has 1 unspecified atom stereocenters. The quantitative estimate of drug-likeness (QED) is 0.475. The van der Waals surface area contributed by atoms with Gasteiger partial charge in [-0.3, -0.25) is 4.98 Å². The third kappa shape index (κ3) is 8.87. The highest BCUT2D eigenvalue weighted by atomic mass is 14.9. The van der Waals surface area contributed by atoms with Gasteiger partial charge in [0.15, 0.2) is 0 Å². The van der Waals surface area contributed by atoms with E-state index in [1.807, 2.05) is 12.4 Å². The van der Waals surface area contributed by atoms with E-state index in [1.54, 1.807) is 0 Å². The summed E-state index contributed by atoms with van der Waals surface area (Å²) in [4.78, 5) is 4.13. The van der Waals surface area contributed by atoms with Gasteiger partial charge in [0.25, 0.3) is 0 Å². The van der Waals surface area contributed by atoms with Gasteiger partial charge in [-0.25, -0.2) is 0 Å². The molecule has 1 aromatic rings. The Kier molecular flexibility index (Phi) is 11.1. The predicted octanol–water partition coefficient (Wildman–Crippen LogP) is 5.65. The zero-order valence-corrected chi connectivity index (χ0v) is 14.1. The average Bonchev–Trinajstić information content (AvgIpc) is 2.53. The smallest absolute Gasteiger partial charge is 0.0321 e. The fourth-order valence-electron chi connectivity index (χ4n) is 2.78. The highest BCUT2D eigenvalue weighted by Crippen LogP contribution is 2.20. The first-order valence-corrected chi connectivity index (χ1v) is 9.01. The minimum atomic E-state index is 0.507. The normalized spacial score (nSPS) is 12.5. The molecule has 1 N–H and O–H groups in total. The molecule has 0 aromatic carbocycles. The highest BCUT2D eigenvalue weighted by Gasteiger charge is 2.09. The lowest BCUT2D eigenvalue weighted by Gasteiger charge is -2.18. The Morgan fingerprint density at radius 1 is 0.857 bits per heavy atom. The van der Waals surface area contributed by atoms with Crippen LogP contribution in [0.25, 0.3) is 0 Å². The summed E-state index contributed by atoms with van der Waals surface area (Å²) in [5.74, 6) is 0. The first kappa shape index (κ1) is 18.2. The summed E-state index contributed by atoms with van der Waals surface area (Å²) in [6.07, 6.45) is 17.4. The average molecular weight is 290 g/mol. The Bertz CT molecular complexity index is 324. The van der Waals surface area contributed by atoms with Crippen molar-refractivity contribution in [3.05, 3.63) is 30.1 Å². The van der Waals surface area contributed by atoms with Crippen molar-refractivity contribution >= 4 is 0 Å². The number of nitrogens with zero attached hydrogens (tertiary/aromatic N) is 1. The minimum Gasteiger partial charge on any atom is -0.310 e. The second-order valence-corrected chi connectivity index (χ2v) is 6.05. The molecule has 1 aromatic heterocycles. The van der Waals surface area contributed by atoms with Crippen LogP contribution in [0.2, 0.25) is 0 Å². The number of hydrogen-bond acceptors (Lipinski definition) is 2. The van der Waals surface area contributed by atoms with E-state index < -0.39 is 0 Å². The number of nitrogens with one attached hydrogen (secondary N) is 1. The second kappa shape index (κ2) is 12.8. The van der Waals surface area contributed by atoms with Crippen molar-refractivity contribution in [1.29, 1.82) is 0 Å². The van der Waals surface area contributed by atoms with Crippen LogP contribution in [0.4, 0.5) is 0 Å². The van der Waals surface area contributed by atoms with E-state index in [4.69, 9.17) is 0 Å². The van der Waals surface area contributed by atoms with Crippen molar-refractivity contribution in [2.45, 2.75) is 84.1 Å². The topological polar surface area (TPSA) is 24.9 Å². The van der Waals surface area contributed by atoms with Gasteiger partial charge in [0.05, 0.1) is 0 Å². The van der Waals surface area contributed by atoms with Gasteiger partial charge < -0.3 is 5.32 Å². The van der Waals surface area contributed by atoms with Crippen LogP contribution < -0.4 is 5.32 Å². The van der Waals surface area contributed by atoms with Crippen LogP contribution >= 0.6 is 0 Å². The fraction of sp³-hybridized carbons (Fsp3) is 0.737. The van der Waals surface area contributed by atoms with Gasteiger partial charge in [0.2, 0.25) is 0 Å². The van der Waals surface area contributed by atoms with Gasteiger partial charge in [0, 0.05) is 18.4 Å². The maximum atomic E-state index is 4.13. The summed E-state index contributed by atoms with van der Waals surface area (Å²) in [7, 11) is 0. The summed E-state index contributed by atoms with van der Waals surface area (Å²) in [5, 5.41) is 3.68. The van der Waals surface area contributed by atoms with Crippen LogP contribution in [0.3, 0.4) is 0 Å². The monoisotopic (exact) mass is 290 g/mol. The lowest BCUT2D eigenvalue weighted by molar-refractivity contribution is 0.465. The maximum absolute atomic E-state index is 4.13. The molecule has 0 saturated carbocycles. The molecule has 0 spiro atoms. The first-order chi connectivity index (χ1) is 10.4. The summed E-state index contributed by atoms with van der Waals surface area (Å²) in [6.45, 7) is 5.61. The summed E-state index contributed by atoms with van der Waals surface area (Å²) >= 11 is 0. The lowest BCUT2D eigenvalue weighted by atomic mass is 10.00. The first-order valence-electron chi connectivity index (χ1n) is 9.01. The molecule has 0 aliphatic heterocycles. The van der Waals surface area contributed by atoms with Crippen molar-refractivity contribution < 1.29 is 0 Å². The lowest BCUT2D eigenvalue weighted by Crippen LogP contribution is -2.22. The van der Waals surface area contributed by atoms with Crippen LogP contribution in [0.5, 0.6) is 0 Å². The van der Waals surface area contributed by atoms with Crippen LogP contribution in [-0.2, 0) is 0 Å². The molecule has 0 radical (unpaired) electrons. The third-order valence-corrected chi connectivity index (χ3v) is 4.10. The molecule has 0 bridgehead atoms. The van der Waals surface area contributed by atoms with Crippen molar-refractivity contribution in [3.8, 4) is 0 Å². The molecular weight excluding hydrogens is 256 g/mol. The van der Waals surface area contributed by atoms with E-state index in [1.165, 1.54) is 69.8 Å². The largest absolute Gasteiger partial charge is 0.310 e. The number of aromatic nitrogens is 1. The molecule has 0 aliphatic rings. The Balaban J connectivity index is 2.18. The van der Waals surface area contributed by atoms with Crippen LogP contribution in [0, 0.1) is 0 Å². The molecule has 0 aliphatic carbocycles. The number of unbranched alkanes of at least 4 members (excludes halogenated alkanes) is 7. The van der Waals surface area contributed by atoms with Gasteiger partial charge in [-0.2, -0.15) is 0 Å². The van der Waals surface area contributed by atoms with E-state index in [9.17, 15) is 0 Å². The van der Waals surface area contributed by atoms with Gasteiger partial charge in [0.1, 0.15) is 0 Å². The second-order valence-electron chi connectivity index (χ2n) is 6.05. The molecule has 1 rings (SSSR count). The molecule has 2 heteroatoms. The molecule has 1 heterocycles. The van der Waals surface area contributed by atoms with E-state index >= 15 is 0 Å². The van der Waals surface area contributed by atoms with Gasteiger partial charge >= 0.3 is 0 Å². The SMILES string of the molecule is CCCCCCCCCCC(NCCC)c1ccncc1. The van der Waals surface area contributed by atoms with Crippen LogP contribution in [0.15, 0.2) is 24.5 Å². The minimum absolute atomic E-state index is 0.507. The van der Waals surface area contributed by atoms with Crippen molar-refractivity contribution in [2.75, 3.05) is 6.54 Å². The Hall–Kier alpha value is -0.890. The molecule has 120 valence electrons. The summed E-state index contributed by atoms with van der Waals surface area (Å²) in [5.41, 5.74) is 1.39. The van der Waals surface area contributed by atoms with E-state index in [-0.39, 0.29) is 0 Å². The molecule has 2 nitrogen and oxygen atoms in total. The molecule has 0 fully saturated rings. The summed E-state index contributed by atoms with van der Waals surface area (Å²) in [6, 6.07) is 4.81. The zero-order chi connectivity index (χ0) is 15.2. The standard InChI is InChI=1S/C19H34N2/c1-3-5-6-7-8-9-10-11-12-19(21-15-4-2)18-13-16-20-17-14-18/h13-14,16-17,19,21H,3-12,15H2,1-2H3. The number of pyridine rings is 1. The predicted molar refractivity (Wildman–Crippen MR) is 92.5 cm³/mol. The zero-order valence-electron chi connectivity index (χ0n) is 14.1. The Morgan fingerprint density at radius 3 is 2.10 bits per heavy atom. The Morgan fingerprint density at radius 2 is 1.48 bits per heavy atom. The number of rotatable bonds is 13. The maximum Gasteiger partial charge on any atom is 0.0321 e. The van der Waals surface area contributed by atoms with Crippen molar-refractivity contribution in [3.63, 3.8) is 0 Å². The molecular formula is C19H34N2. The van der Waals surface area contributed by atoms with Crippen LogP contribution in [-0.4, -0.2) is 11.5 Å². The highest BCUT2D eigenvalue weighted by molar-refractivity contribution is 5.14. The fourth-order valence-corrected chi connectivity index (χ4v) is 2.78. The molecule has 1 atom stereocenters. The van der Waals surface area contributed by atoms with Gasteiger partial charge in [-0.1, -0.05) is 65.2 Å². The van der Waals surface area contributed by atoms with Crippen molar-refractivity contribution in [2.24, 2.45) is 0 Å².